The topological polar surface area (TPSA) is 79.2 Å². The summed E-state index contributed by atoms with van der Waals surface area (Å²) in [6.07, 6.45) is 1.93. The molecule has 6 heteroatoms. The number of nitrogens with one attached hydrogen (secondary N) is 1. The number of benzene rings is 1. The van der Waals surface area contributed by atoms with Gasteiger partial charge in [-0.1, -0.05) is 13.8 Å². The van der Waals surface area contributed by atoms with E-state index in [9.17, 15) is 8.42 Å². The number of nitrogens with zero attached hydrogens (tertiary/aromatic N) is 1. The Morgan fingerprint density at radius 1 is 1.41 bits per heavy atom. The molecule has 1 saturated carbocycles. The van der Waals surface area contributed by atoms with E-state index in [4.69, 9.17) is 10.00 Å². The Kier molecular flexibility index (Phi) is 4.97. The van der Waals surface area contributed by atoms with E-state index in [0.29, 0.717) is 28.8 Å². The lowest BCUT2D eigenvalue weighted by molar-refractivity contribution is 0.158. The molecule has 0 heterocycles. The van der Waals surface area contributed by atoms with Crippen LogP contribution < -0.4 is 9.46 Å². The summed E-state index contributed by atoms with van der Waals surface area (Å²) in [4.78, 5) is 0. The van der Waals surface area contributed by atoms with Gasteiger partial charge in [0.2, 0.25) is 10.0 Å². The Balaban J connectivity index is 2.05. The highest BCUT2D eigenvalue weighted by molar-refractivity contribution is 7.92. The second-order valence-electron chi connectivity index (χ2n) is 6.25. The SMILES string of the molecule is COc1ccc(C#N)cc1NS(=O)(=O)CC1CC(C(C)C)C1. The second-order valence-corrected chi connectivity index (χ2v) is 8.02. The summed E-state index contributed by atoms with van der Waals surface area (Å²) >= 11 is 0. The molecule has 0 radical (unpaired) electrons. The van der Waals surface area contributed by atoms with Crippen LogP contribution in [0.3, 0.4) is 0 Å². The summed E-state index contributed by atoms with van der Waals surface area (Å²) in [7, 11) is -1.97. The summed E-state index contributed by atoms with van der Waals surface area (Å²) in [5.74, 6) is 2.00. The van der Waals surface area contributed by atoms with E-state index in [2.05, 4.69) is 18.6 Å². The highest BCUT2D eigenvalue weighted by Crippen LogP contribution is 2.39. The van der Waals surface area contributed by atoms with Crippen LogP contribution in [0.1, 0.15) is 32.3 Å². The Bertz CT molecular complexity index is 671. The molecular formula is C16H22N2O3S. The molecule has 1 aliphatic rings. The van der Waals surface area contributed by atoms with Gasteiger partial charge < -0.3 is 4.74 Å². The molecule has 1 aromatic carbocycles. The van der Waals surface area contributed by atoms with E-state index < -0.39 is 10.0 Å². The summed E-state index contributed by atoms with van der Waals surface area (Å²) in [6.45, 7) is 4.35. The van der Waals surface area contributed by atoms with Crippen LogP contribution in [0.4, 0.5) is 5.69 Å². The van der Waals surface area contributed by atoms with Crippen molar-refractivity contribution in [1.29, 1.82) is 5.26 Å². The van der Waals surface area contributed by atoms with Crippen molar-refractivity contribution in [1.82, 2.24) is 0 Å². The van der Waals surface area contributed by atoms with Gasteiger partial charge in [-0.15, -0.1) is 0 Å². The van der Waals surface area contributed by atoms with Crippen molar-refractivity contribution in [2.75, 3.05) is 17.6 Å². The number of sulfonamides is 1. The fraction of sp³-hybridized carbons (Fsp3) is 0.562. The molecule has 22 heavy (non-hydrogen) atoms. The molecule has 1 fully saturated rings. The van der Waals surface area contributed by atoms with Gasteiger partial charge in [0.15, 0.2) is 0 Å². The van der Waals surface area contributed by atoms with Crippen LogP contribution in [0.2, 0.25) is 0 Å². The zero-order valence-electron chi connectivity index (χ0n) is 13.2. The number of methoxy groups -OCH3 is 1. The van der Waals surface area contributed by atoms with Crippen molar-refractivity contribution in [3.8, 4) is 11.8 Å². The maximum Gasteiger partial charge on any atom is 0.233 e. The van der Waals surface area contributed by atoms with Crippen molar-refractivity contribution in [2.24, 2.45) is 17.8 Å². The molecule has 0 atom stereocenters. The highest BCUT2D eigenvalue weighted by atomic mass is 32.2. The molecule has 0 amide bonds. The third kappa shape index (κ3) is 3.92. The monoisotopic (exact) mass is 322 g/mol. The minimum absolute atomic E-state index is 0.121. The first kappa shape index (κ1) is 16.6. The van der Waals surface area contributed by atoms with Gasteiger partial charge in [-0.05, 0) is 48.8 Å². The number of anilines is 1. The summed E-state index contributed by atoms with van der Waals surface area (Å²) in [5.41, 5.74) is 0.711. The average molecular weight is 322 g/mol. The summed E-state index contributed by atoms with van der Waals surface area (Å²) in [6, 6.07) is 6.67. The standard InChI is InChI=1S/C16H22N2O3S/c1-11(2)14-6-13(7-14)10-22(19,20)18-15-8-12(9-17)4-5-16(15)21-3/h4-5,8,11,13-14,18H,6-7,10H2,1-3H3. The van der Waals surface area contributed by atoms with Crippen molar-refractivity contribution >= 4 is 15.7 Å². The van der Waals surface area contributed by atoms with Gasteiger partial charge >= 0.3 is 0 Å². The van der Waals surface area contributed by atoms with E-state index in [1.165, 1.54) is 13.2 Å². The Morgan fingerprint density at radius 2 is 2.09 bits per heavy atom. The molecule has 0 aromatic heterocycles. The highest BCUT2D eigenvalue weighted by Gasteiger charge is 2.34. The Labute approximate surface area is 132 Å². The average Bonchev–Trinajstić information content (AvgIpc) is 2.41. The van der Waals surface area contributed by atoms with Crippen LogP contribution in [-0.2, 0) is 10.0 Å². The normalized spacial score (nSPS) is 21.0. The van der Waals surface area contributed by atoms with Crippen LogP contribution in [0.15, 0.2) is 18.2 Å². The fourth-order valence-electron chi connectivity index (χ4n) is 2.84. The number of ether oxygens (including phenoxy) is 1. The molecular weight excluding hydrogens is 300 g/mol. The van der Waals surface area contributed by atoms with E-state index >= 15 is 0 Å². The molecule has 120 valence electrons. The molecule has 0 aliphatic heterocycles. The van der Waals surface area contributed by atoms with Gasteiger partial charge in [0, 0.05) is 0 Å². The van der Waals surface area contributed by atoms with E-state index in [-0.39, 0.29) is 11.7 Å². The van der Waals surface area contributed by atoms with E-state index in [0.717, 1.165) is 12.8 Å². The third-order valence-corrected chi connectivity index (χ3v) is 5.71. The lowest BCUT2D eigenvalue weighted by atomic mass is 9.70. The molecule has 0 bridgehead atoms. The van der Waals surface area contributed by atoms with Crippen molar-refractivity contribution in [3.63, 3.8) is 0 Å². The van der Waals surface area contributed by atoms with Crippen molar-refractivity contribution in [2.45, 2.75) is 26.7 Å². The predicted octanol–water partition coefficient (Wildman–Crippen LogP) is 2.99. The predicted molar refractivity (Wildman–Crippen MR) is 86.2 cm³/mol. The molecule has 1 aliphatic carbocycles. The number of hydrogen-bond donors (Lipinski definition) is 1. The quantitative estimate of drug-likeness (QED) is 0.873. The van der Waals surface area contributed by atoms with Gasteiger partial charge in [0.25, 0.3) is 0 Å². The minimum atomic E-state index is -3.44. The van der Waals surface area contributed by atoms with E-state index in [1.54, 1.807) is 12.1 Å². The van der Waals surface area contributed by atoms with Crippen molar-refractivity contribution in [3.05, 3.63) is 23.8 Å². The summed E-state index contributed by atoms with van der Waals surface area (Å²) < 4.78 is 32.3. The van der Waals surface area contributed by atoms with Crippen LogP contribution >= 0.6 is 0 Å². The number of rotatable bonds is 6. The zero-order chi connectivity index (χ0) is 16.3. The lowest BCUT2D eigenvalue weighted by Crippen LogP contribution is -2.34. The molecule has 0 unspecified atom stereocenters. The lowest BCUT2D eigenvalue weighted by Gasteiger charge is -2.37. The number of nitriles is 1. The smallest absolute Gasteiger partial charge is 0.233 e. The molecule has 1 N–H and O–H groups in total. The molecule has 5 nitrogen and oxygen atoms in total. The van der Waals surface area contributed by atoms with Gasteiger partial charge in [-0.2, -0.15) is 5.26 Å². The van der Waals surface area contributed by atoms with Crippen LogP contribution in [0.25, 0.3) is 0 Å². The third-order valence-electron chi connectivity index (χ3n) is 4.26. The molecule has 2 rings (SSSR count). The van der Waals surface area contributed by atoms with E-state index in [1.807, 2.05) is 6.07 Å². The first-order valence-corrected chi connectivity index (χ1v) is 9.08. The second kappa shape index (κ2) is 6.57. The van der Waals surface area contributed by atoms with Gasteiger partial charge in [-0.25, -0.2) is 8.42 Å². The van der Waals surface area contributed by atoms with Gasteiger partial charge in [0.05, 0.1) is 30.2 Å². The fourth-order valence-corrected chi connectivity index (χ4v) is 4.32. The Hall–Kier alpha value is -1.74. The summed E-state index contributed by atoms with van der Waals surface area (Å²) in [5, 5.41) is 8.93. The largest absolute Gasteiger partial charge is 0.495 e. The van der Waals surface area contributed by atoms with Crippen LogP contribution in [-0.4, -0.2) is 21.3 Å². The van der Waals surface area contributed by atoms with Gasteiger partial charge in [-0.3, -0.25) is 4.72 Å². The first-order chi connectivity index (χ1) is 10.3. The maximum absolute atomic E-state index is 12.3. The molecule has 0 saturated heterocycles. The van der Waals surface area contributed by atoms with Gasteiger partial charge in [0.1, 0.15) is 5.75 Å². The van der Waals surface area contributed by atoms with Crippen LogP contribution in [0, 0.1) is 29.1 Å². The Morgan fingerprint density at radius 3 is 2.64 bits per heavy atom. The van der Waals surface area contributed by atoms with Crippen molar-refractivity contribution < 1.29 is 13.2 Å². The maximum atomic E-state index is 12.3. The first-order valence-electron chi connectivity index (χ1n) is 7.43. The molecule has 0 spiro atoms. The molecule has 1 aromatic rings. The zero-order valence-corrected chi connectivity index (χ0v) is 14.0. The minimum Gasteiger partial charge on any atom is -0.495 e. The number of hydrogen-bond acceptors (Lipinski definition) is 4. The van der Waals surface area contributed by atoms with Crippen LogP contribution in [0.5, 0.6) is 5.75 Å².